The van der Waals surface area contributed by atoms with Gasteiger partial charge in [-0.25, -0.2) is 9.59 Å². The maximum Gasteiger partial charge on any atom is 0.511 e. The summed E-state index contributed by atoms with van der Waals surface area (Å²) in [6.07, 6.45) is 0.782. The lowest BCUT2D eigenvalue weighted by atomic mass is 9.82. The molecule has 1 unspecified atom stereocenters. The Hall–Kier alpha value is -4.72. The molecule has 2 aromatic rings. The smallest absolute Gasteiger partial charge is 0.497 e. The molecule has 4 atom stereocenters. The second-order valence-electron chi connectivity index (χ2n) is 14.6. The zero-order valence-electron chi connectivity index (χ0n) is 33.0. The molecule has 1 fully saturated rings. The van der Waals surface area contributed by atoms with Crippen molar-refractivity contribution in [1.29, 1.82) is 0 Å². The summed E-state index contributed by atoms with van der Waals surface area (Å²) in [6, 6.07) is 12.4. The van der Waals surface area contributed by atoms with Crippen LogP contribution in [-0.2, 0) is 28.5 Å². The third kappa shape index (κ3) is 11.6. The van der Waals surface area contributed by atoms with Gasteiger partial charge in [-0.2, -0.15) is 0 Å². The van der Waals surface area contributed by atoms with E-state index < -0.39 is 48.0 Å². The number of ether oxygens (including phenoxy) is 7. The zero-order valence-corrected chi connectivity index (χ0v) is 33.0. The summed E-state index contributed by atoms with van der Waals surface area (Å²) >= 11 is 0. The van der Waals surface area contributed by atoms with E-state index in [0.717, 1.165) is 36.8 Å². The van der Waals surface area contributed by atoms with Gasteiger partial charge in [-0.3, -0.25) is 14.5 Å². The fraction of sp³-hybridized carbons (Fsp3) is 0.600. The highest BCUT2D eigenvalue weighted by Crippen LogP contribution is 2.48. The van der Waals surface area contributed by atoms with Crippen LogP contribution in [0.5, 0.6) is 17.2 Å². The third-order valence-electron chi connectivity index (χ3n) is 9.30. The maximum atomic E-state index is 14.4. The summed E-state index contributed by atoms with van der Waals surface area (Å²) in [5.41, 5.74) is 0.934. The first-order chi connectivity index (χ1) is 25.7. The van der Waals surface area contributed by atoms with E-state index in [1.807, 2.05) is 52.3 Å². The molecule has 2 aliphatic heterocycles. The number of fused-ring (bicyclic) bond motifs is 1. The van der Waals surface area contributed by atoms with E-state index in [2.05, 4.69) is 13.8 Å². The van der Waals surface area contributed by atoms with Crippen molar-refractivity contribution < 1.29 is 52.3 Å². The number of carbonyl (C=O) groups is 4. The Balaban J connectivity index is 1.57. The molecule has 298 valence electrons. The first-order valence-electron chi connectivity index (χ1n) is 18.8. The van der Waals surface area contributed by atoms with Crippen molar-refractivity contribution in [2.24, 2.45) is 5.92 Å². The Morgan fingerprint density at radius 1 is 0.907 bits per heavy atom. The molecule has 0 bridgehead atoms. The van der Waals surface area contributed by atoms with Gasteiger partial charge < -0.3 is 43.0 Å². The highest BCUT2D eigenvalue weighted by atomic mass is 16.8. The molecular weight excluding hydrogens is 698 g/mol. The largest absolute Gasteiger partial charge is 0.511 e. The number of nitrogens with zero attached hydrogens (tertiary/aromatic N) is 3. The lowest BCUT2D eigenvalue weighted by Crippen LogP contribution is -2.42. The lowest BCUT2D eigenvalue weighted by Gasteiger charge is -2.31. The number of likely N-dealkylation sites (tertiary alicyclic amines) is 1. The van der Waals surface area contributed by atoms with E-state index >= 15 is 0 Å². The summed E-state index contributed by atoms with van der Waals surface area (Å²) in [6.45, 7) is 12.7. The first-order valence-corrected chi connectivity index (χ1v) is 18.8. The van der Waals surface area contributed by atoms with Crippen molar-refractivity contribution in [1.82, 2.24) is 14.7 Å². The highest BCUT2D eigenvalue weighted by Gasteiger charge is 2.49. The van der Waals surface area contributed by atoms with Crippen molar-refractivity contribution in [3.05, 3.63) is 53.6 Å². The third-order valence-corrected chi connectivity index (χ3v) is 9.30. The Morgan fingerprint density at radius 2 is 1.56 bits per heavy atom. The second kappa shape index (κ2) is 19.6. The number of unbranched alkanes of at least 4 members (excludes halogenated alkanes) is 2. The van der Waals surface area contributed by atoms with Crippen molar-refractivity contribution in [3.8, 4) is 17.2 Å². The van der Waals surface area contributed by atoms with Crippen molar-refractivity contribution in [2.45, 2.75) is 91.1 Å². The van der Waals surface area contributed by atoms with Crippen LogP contribution in [0.1, 0.15) is 90.3 Å². The number of methoxy groups -OCH3 is 1. The average molecular weight is 756 g/mol. The second-order valence-corrected chi connectivity index (χ2v) is 14.6. The van der Waals surface area contributed by atoms with Crippen LogP contribution in [0.3, 0.4) is 0 Å². The Kier molecular flexibility index (Phi) is 15.2. The van der Waals surface area contributed by atoms with Gasteiger partial charge in [0.1, 0.15) is 18.0 Å². The molecule has 0 saturated carbocycles. The number of likely N-dealkylation sites (N-methyl/N-ethyl adjacent to an activating group) is 1. The van der Waals surface area contributed by atoms with Crippen LogP contribution in [0.4, 0.5) is 9.59 Å². The summed E-state index contributed by atoms with van der Waals surface area (Å²) in [5.74, 6) is -0.0658. The van der Waals surface area contributed by atoms with Gasteiger partial charge in [-0.15, -0.1) is 0 Å². The Labute approximate surface area is 318 Å². The first kappa shape index (κ1) is 42.0. The SMILES string of the molecule is CCCCN(CCCC)C(=O)CN1C[C@H](c2ccc3c(c2)OCO3)[C@@H](C(=O)OC(C)OC(=O)OCCN(C)C(=O)OC(C)(C)C)[C@@H]1c1ccc(OC)cc1. The Bertz CT molecular complexity index is 1550. The van der Waals surface area contributed by atoms with E-state index in [9.17, 15) is 19.2 Å². The molecule has 0 spiro atoms. The standard InChI is InChI=1S/C40H57N3O11/c1-9-11-19-42(20-12-10-2)34(44)25-43-24-31(29-15-18-32-33(23-29)51-26-50-32)35(36(43)28-13-16-30(48-8)17-14-28)37(45)52-27(3)53-39(47)49-22-21-41(7)38(46)54-40(4,5)6/h13-18,23,27,31,35-36H,9-12,19-22,24-26H2,1-8H3/t27?,31-,35-,36+/m1/s1. The van der Waals surface area contributed by atoms with Gasteiger partial charge in [0.25, 0.3) is 0 Å². The van der Waals surface area contributed by atoms with Gasteiger partial charge in [0.2, 0.25) is 19.0 Å². The Morgan fingerprint density at radius 3 is 2.19 bits per heavy atom. The number of carbonyl (C=O) groups excluding carboxylic acids is 4. The van der Waals surface area contributed by atoms with E-state index in [1.165, 1.54) is 18.9 Å². The van der Waals surface area contributed by atoms with E-state index in [1.54, 1.807) is 27.9 Å². The minimum atomic E-state index is -1.31. The highest BCUT2D eigenvalue weighted by molar-refractivity contribution is 5.80. The van der Waals surface area contributed by atoms with Crippen LogP contribution in [-0.4, -0.2) is 111 Å². The fourth-order valence-electron chi connectivity index (χ4n) is 6.52. The van der Waals surface area contributed by atoms with E-state index in [-0.39, 0.29) is 32.4 Å². The molecule has 4 rings (SSSR count). The van der Waals surface area contributed by atoms with Crippen LogP contribution in [0, 0.1) is 5.92 Å². The van der Waals surface area contributed by atoms with Gasteiger partial charge >= 0.3 is 18.2 Å². The molecule has 2 heterocycles. The predicted octanol–water partition coefficient (Wildman–Crippen LogP) is 6.52. The number of hydrogen-bond acceptors (Lipinski definition) is 12. The minimum Gasteiger partial charge on any atom is -0.497 e. The number of benzene rings is 2. The molecule has 54 heavy (non-hydrogen) atoms. The molecule has 0 radical (unpaired) electrons. The molecule has 0 N–H and O–H groups in total. The average Bonchev–Trinajstić information content (AvgIpc) is 3.75. The summed E-state index contributed by atoms with van der Waals surface area (Å²) < 4.78 is 38.3. The monoisotopic (exact) mass is 755 g/mol. The van der Waals surface area contributed by atoms with Crippen LogP contribution >= 0.6 is 0 Å². The normalized spacial score (nSPS) is 18.4. The van der Waals surface area contributed by atoms with Crippen LogP contribution in [0.15, 0.2) is 42.5 Å². The van der Waals surface area contributed by atoms with Crippen LogP contribution in [0.2, 0.25) is 0 Å². The van der Waals surface area contributed by atoms with E-state index in [4.69, 9.17) is 33.2 Å². The fourth-order valence-corrected chi connectivity index (χ4v) is 6.52. The number of rotatable bonds is 17. The van der Waals surface area contributed by atoms with Gasteiger partial charge in [0.15, 0.2) is 11.5 Å². The van der Waals surface area contributed by atoms with E-state index in [0.29, 0.717) is 36.9 Å². The van der Waals surface area contributed by atoms with Gasteiger partial charge in [0, 0.05) is 45.6 Å². The molecule has 14 nitrogen and oxygen atoms in total. The molecular formula is C40H57N3O11. The molecule has 2 amide bonds. The lowest BCUT2D eigenvalue weighted by molar-refractivity contribution is -0.174. The van der Waals surface area contributed by atoms with Crippen molar-refractivity contribution in [2.75, 3.05) is 60.3 Å². The molecule has 0 aromatic heterocycles. The summed E-state index contributed by atoms with van der Waals surface area (Å²) in [5, 5.41) is 0. The van der Waals surface area contributed by atoms with Gasteiger partial charge in [0.05, 0.1) is 26.1 Å². The van der Waals surface area contributed by atoms with Gasteiger partial charge in [-0.05, 0) is 69.0 Å². The number of hydrogen-bond donors (Lipinski definition) is 0. The van der Waals surface area contributed by atoms with Crippen LogP contribution in [0.25, 0.3) is 0 Å². The molecule has 2 aromatic carbocycles. The van der Waals surface area contributed by atoms with Gasteiger partial charge in [-0.1, -0.05) is 44.9 Å². The number of esters is 1. The quantitative estimate of drug-likeness (QED) is 0.0986. The zero-order chi connectivity index (χ0) is 39.4. The predicted molar refractivity (Wildman–Crippen MR) is 199 cm³/mol. The topological polar surface area (TPSA) is 143 Å². The maximum absolute atomic E-state index is 14.4. The molecule has 2 aliphatic rings. The molecule has 14 heteroatoms. The summed E-state index contributed by atoms with van der Waals surface area (Å²) in [4.78, 5) is 58.5. The van der Waals surface area contributed by atoms with Crippen LogP contribution < -0.4 is 14.2 Å². The molecule has 1 saturated heterocycles. The number of amides is 2. The van der Waals surface area contributed by atoms with Crippen molar-refractivity contribution >= 4 is 24.1 Å². The molecule has 0 aliphatic carbocycles. The minimum absolute atomic E-state index is 0.00868. The summed E-state index contributed by atoms with van der Waals surface area (Å²) in [7, 11) is 3.10. The van der Waals surface area contributed by atoms with Crippen molar-refractivity contribution in [3.63, 3.8) is 0 Å².